The van der Waals surface area contributed by atoms with Crippen molar-refractivity contribution in [1.29, 1.82) is 0 Å². The van der Waals surface area contributed by atoms with Crippen LogP contribution in [0.15, 0.2) is 212 Å². The number of nitrogens with zero attached hydrogens (tertiary/aromatic N) is 3. The molecule has 0 fully saturated rings. The number of hydrogen-bond acceptors (Lipinski definition) is 3. The number of benzene rings is 9. The number of fused-ring (bicyclic) bond motifs is 7. The molecule has 0 spiro atoms. The zero-order valence-corrected chi connectivity index (χ0v) is 33.3. The van der Waals surface area contributed by atoms with E-state index in [1.807, 2.05) is 0 Å². The number of aromatic nitrogens is 3. The van der Waals surface area contributed by atoms with Crippen LogP contribution >= 0.6 is 11.3 Å². The minimum atomic E-state index is 0.670. The van der Waals surface area contributed by atoms with Gasteiger partial charge in [-0.1, -0.05) is 188 Å². The van der Waals surface area contributed by atoms with E-state index >= 15 is 0 Å². The van der Waals surface area contributed by atoms with Gasteiger partial charge in [0, 0.05) is 31.8 Å². The van der Waals surface area contributed by atoms with Gasteiger partial charge in [0.25, 0.3) is 0 Å². The van der Waals surface area contributed by atoms with Crippen LogP contribution in [-0.2, 0) is 0 Å². The third-order valence-corrected chi connectivity index (χ3v) is 12.9. The number of hydrogen-bond donors (Lipinski definition) is 0. The largest absolute Gasteiger partial charge is 0.278 e. The van der Waals surface area contributed by atoms with Crippen molar-refractivity contribution in [3.05, 3.63) is 212 Å². The number of rotatable bonds is 6. The molecule has 60 heavy (non-hydrogen) atoms. The molecular weight excluding hydrogens is 747 g/mol. The predicted octanol–water partition coefficient (Wildman–Crippen LogP) is 15.4. The van der Waals surface area contributed by atoms with Gasteiger partial charge in [0.15, 0.2) is 0 Å². The second-order valence-electron chi connectivity index (χ2n) is 15.3. The van der Waals surface area contributed by atoms with Crippen LogP contribution in [0.2, 0.25) is 0 Å². The second kappa shape index (κ2) is 14.0. The highest BCUT2D eigenvalue weighted by Gasteiger charge is 2.21. The van der Waals surface area contributed by atoms with E-state index in [4.69, 9.17) is 9.97 Å². The molecule has 3 heterocycles. The molecule has 3 nitrogen and oxygen atoms in total. The molecule has 0 radical (unpaired) electrons. The van der Waals surface area contributed by atoms with E-state index in [0.717, 1.165) is 38.1 Å². The Morgan fingerprint density at radius 2 is 0.883 bits per heavy atom. The maximum absolute atomic E-state index is 5.51. The van der Waals surface area contributed by atoms with Gasteiger partial charge in [-0.25, -0.2) is 9.97 Å². The molecule has 0 saturated heterocycles. The van der Waals surface area contributed by atoms with Gasteiger partial charge in [0.05, 0.1) is 16.7 Å². The quantitative estimate of drug-likeness (QED) is 0.168. The average molecular weight is 782 g/mol. The molecule has 0 aliphatic carbocycles. The molecule has 9 aromatic carbocycles. The summed E-state index contributed by atoms with van der Waals surface area (Å²) in [6.45, 7) is 0. The van der Waals surface area contributed by atoms with Crippen molar-refractivity contribution in [2.75, 3.05) is 0 Å². The lowest BCUT2D eigenvalue weighted by Gasteiger charge is -2.14. The van der Waals surface area contributed by atoms with Gasteiger partial charge in [-0.3, -0.25) is 4.57 Å². The standard InChI is InChI=1S/C56H35N3S/c1-3-13-36(14-4-1)38-25-27-39(28-26-38)44-21-11-17-41-18-12-22-45(52(41)44)40-29-31-42(32-30-40)54-53-47-20-8-10-24-51(47)60-55(53)58-56(57-54)59-49-23-9-7-19-46(49)48-35-43(33-34-50(48)59)37-15-5-2-6-16-37/h1-35H. The van der Waals surface area contributed by atoms with Crippen LogP contribution in [0.4, 0.5) is 0 Å². The normalized spacial score (nSPS) is 11.7. The molecule has 0 saturated carbocycles. The van der Waals surface area contributed by atoms with Crippen LogP contribution in [0.1, 0.15) is 0 Å². The molecule has 0 amide bonds. The van der Waals surface area contributed by atoms with E-state index in [-0.39, 0.29) is 0 Å². The predicted molar refractivity (Wildman–Crippen MR) is 254 cm³/mol. The highest BCUT2D eigenvalue weighted by Crippen LogP contribution is 2.42. The third kappa shape index (κ3) is 5.65. The van der Waals surface area contributed by atoms with Crippen molar-refractivity contribution in [3.8, 4) is 61.7 Å². The van der Waals surface area contributed by atoms with E-state index in [9.17, 15) is 0 Å². The van der Waals surface area contributed by atoms with E-state index < -0.39 is 0 Å². The smallest absolute Gasteiger partial charge is 0.236 e. The summed E-state index contributed by atoms with van der Waals surface area (Å²) in [5.41, 5.74) is 13.8. The lowest BCUT2D eigenvalue weighted by atomic mass is 9.90. The average Bonchev–Trinajstić information content (AvgIpc) is 3.87. The molecule has 12 aromatic rings. The van der Waals surface area contributed by atoms with Gasteiger partial charge in [0.2, 0.25) is 5.95 Å². The Kier molecular flexibility index (Phi) is 8.03. The van der Waals surface area contributed by atoms with Crippen LogP contribution < -0.4 is 0 Å². The molecule has 12 rings (SSSR count). The summed E-state index contributed by atoms with van der Waals surface area (Å²) in [5, 5.41) is 7.09. The summed E-state index contributed by atoms with van der Waals surface area (Å²) in [5.74, 6) is 0.670. The van der Waals surface area contributed by atoms with Gasteiger partial charge >= 0.3 is 0 Å². The Morgan fingerprint density at radius 3 is 1.58 bits per heavy atom. The van der Waals surface area contributed by atoms with Crippen LogP contribution in [0, 0.1) is 0 Å². The molecule has 0 aliphatic rings. The fraction of sp³-hybridized carbons (Fsp3) is 0. The summed E-state index contributed by atoms with van der Waals surface area (Å²) in [6.07, 6.45) is 0. The first-order chi connectivity index (χ1) is 29.7. The zero-order chi connectivity index (χ0) is 39.6. The molecule has 0 aliphatic heterocycles. The maximum Gasteiger partial charge on any atom is 0.236 e. The highest BCUT2D eigenvalue weighted by molar-refractivity contribution is 7.25. The van der Waals surface area contributed by atoms with E-state index in [1.165, 1.54) is 70.6 Å². The molecule has 0 N–H and O–H groups in total. The Labute approximate surface area is 351 Å². The molecule has 4 heteroatoms. The Bertz CT molecular complexity index is 3560. The second-order valence-corrected chi connectivity index (χ2v) is 16.4. The van der Waals surface area contributed by atoms with Gasteiger partial charge in [-0.15, -0.1) is 11.3 Å². The van der Waals surface area contributed by atoms with Gasteiger partial charge < -0.3 is 0 Å². The van der Waals surface area contributed by atoms with Crippen molar-refractivity contribution in [3.63, 3.8) is 0 Å². The number of para-hydroxylation sites is 1. The van der Waals surface area contributed by atoms with Crippen LogP contribution in [-0.4, -0.2) is 14.5 Å². The Hall–Kier alpha value is -7.66. The molecule has 0 unspecified atom stereocenters. The fourth-order valence-electron chi connectivity index (χ4n) is 9.02. The molecule has 280 valence electrons. The minimum absolute atomic E-state index is 0.670. The van der Waals surface area contributed by atoms with Crippen molar-refractivity contribution in [1.82, 2.24) is 14.5 Å². The first-order valence-electron chi connectivity index (χ1n) is 20.3. The van der Waals surface area contributed by atoms with Crippen LogP contribution in [0.25, 0.3) is 115 Å². The summed E-state index contributed by atoms with van der Waals surface area (Å²) in [6, 6.07) is 76.3. The summed E-state index contributed by atoms with van der Waals surface area (Å²) >= 11 is 1.73. The van der Waals surface area contributed by atoms with E-state index in [1.54, 1.807) is 11.3 Å². The van der Waals surface area contributed by atoms with E-state index in [2.05, 4.69) is 217 Å². The lowest BCUT2D eigenvalue weighted by Crippen LogP contribution is -2.02. The van der Waals surface area contributed by atoms with Crippen LogP contribution in [0.5, 0.6) is 0 Å². The third-order valence-electron chi connectivity index (χ3n) is 11.9. The van der Waals surface area contributed by atoms with Crippen molar-refractivity contribution < 1.29 is 0 Å². The summed E-state index contributed by atoms with van der Waals surface area (Å²) in [7, 11) is 0. The first-order valence-corrected chi connectivity index (χ1v) is 21.1. The maximum atomic E-state index is 5.51. The Morgan fingerprint density at radius 1 is 0.350 bits per heavy atom. The molecule has 3 aromatic heterocycles. The lowest BCUT2D eigenvalue weighted by molar-refractivity contribution is 1.02. The molecular formula is C56H35N3S. The van der Waals surface area contributed by atoms with Gasteiger partial charge in [0.1, 0.15) is 4.83 Å². The highest BCUT2D eigenvalue weighted by atomic mass is 32.1. The Balaban J connectivity index is 1.01. The van der Waals surface area contributed by atoms with Gasteiger partial charge in [-0.2, -0.15) is 0 Å². The zero-order valence-electron chi connectivity index (χ0n) is 32.5. The van der Waals surface area contributed by atoms with Crippen LogP contribution in [0.3, 0.4) is 0 Å². The monoisotopic (exact) mass is 781 g/mol. The van der Waals surface area contributed by atoms with E-state index in [0.29, 0.717) is 5.95 Å². The topological polar surface area (TPSA) is 30.7 Å². The number of thiophene rings is 1. The fourth-order valence-corrected chi connectivity index (χ4v) is 10.1. The van der Waals surface area contributed by atoms with Crippen molar-refractivity contribution in [2.45, 2.75) is 0 Å². The van der Waals surface area contributed by atoms with Crippen molar-refractivity contribution in [2.24, 2.45) is 0 Å². The first kappa shape index (κ1) is 34.4. The molecule has 0 bridgehead atoms. The molecule has 0 atom stereocenters. The summed E-state index contributed by atoms with van der Waals surface area (Å²) < 4.78 is 3.44. The van der Waals surface area contributed by atoms with Gasteiger partial charge in [-0.05, 0) is 79.5 Å². The summed E-state index contributed by atoms with van der Waals surface area (Å²) in [4.78, 5) is 11.8. The minimum Gasteiger partial charge on any atom is -0.278 e. The SMILES string of the molecule is c1ccc(-c2ccc(-c3cccc4cccc(-c5ccc(-c6nc(-n7c8ccccc8c8cc(-c9ccccc9)ccc87)nc7sc8ccccc8c67)cc5)c34)cc2)cc1. The van der Waals surface area contributed by atoms with Crippen molar-refractivity contribution >= 4 is 64.2 Å².